The summed E-state index contributed by atoms with van der Waals surface area (Å²) in [6.07, 6.45) is 0. The van der Waals surface area contributed by atoms with E-state index in [1.165, 1.54) is 7.11 Å². The number of carbonyl (C=O) groups excluding carboxylic acids is 1. The van der Waals surface area contributed by atoms with Crippen molar-refractivity contribution in [1.82, 2.24) is 9.55 Å². The molecule has 1 heterocycles. The van der Waals surface area contributed by atoms with E-state index in [1.54, 1.807) is 0 Å². The summed E-state index contributed by atoms with van der Waals surface area (Å²) in [6.45, 7) is 2.68. The van der Waals surface area contributed by atoms with Crippen LogP contribution in [0.5, 0.6) is 0 Å². The van der Waals surface area contributed by atoms with Crippen LogP contribution in [0.25, 0.3) is 0 Å². The number of nitrogens with zero attached hydrogens (tertiary/aromatic N) is 2. The van der Waals surface area contributed by atoms with Crippen molar-refractivity contribution in [2.24, 2.45) is 0 Å². The summed E-state index contributed by atoms with van der Waals surface area (Å²) in [5, 5.41) is 0. The van der Waals surface area contributed by atoms with Gasteiger partial charge in [0.05, 0.1) is 7.11 Å². The average molecular weight is 312 g/mol. The number of methoxy groups -OCH3 is 1. The predicted molar refractivity (Wildman–Crippen MR) is 54.6 cm³/mol. The normalized spacial score (nSPS) is 10.2. The molecule has 0 bridgehead atoms. The molecule has 72 valence electrons. The van der Waals surface area contributed by atoms with Gasteiger partial charge in [0.15, 0.2) is 10.4 Å². The van der Waals surface area contributed by atoms with Crippen molar-refractivity contribution in [2.45, 2.75) is 13.5 Å². The van der Waals surface area contributed by atoms with Gasteiger partial charge in [0.1, 0.15) is 4.60 Å². The molecule has 0 spiro atoms. The topological polar surface area (TPSA) is 44.1 Å². The van der Waals surface area contributed by atoms with Crippen LogP contribution in [-0.4, -0.2) is 22.6 Å². The van der Waals surface area contributed by atoms with Crippen LogP contribution in [0, 0.1) is 0 Å². The van der Waals surface area contributed by atoms with Crippen molar-refractivity contribution in [3.05, 3.63) is 15.0 Å². The zero-order valence-electron chi connectivity index (χ0n) is 7.17. The quantitative estimate of drug-likeness (QED) is 0.787. The summed E-state index contributed by atoms with van der Waals surface area (Å²) < 4.78 is 7.62. The third-order valence-electron chi connectivity index (χ3n) is 1.55. The molecule has 0 aliphatic carbocycles. The first-order valence-corrected chi connectivity index (χ1v) is 5.20. The largest absolute Gasteiger partial charge is 0.464 e. The smallest absolute Gasteiger partial charge is 0.359 e. The number of rotatable bonds is 2. The number of imidazole rings is 1. The molecule has 0 saturated heterocycles. The van der Waals surface area contributed by atoms with E-state index in [4.69, 9.17) is 0 Å². The first kappa shape index (κ1) is 10.7. The third kappa shape index (κ3) is 1.94. The molecule has 0 radical (unpaired) electrons. The highest BCUT2D eigenvalue weighted by atomic mass is 79.9. The van der Waals surface area contributed by atoms with Crippen molar-refractivity contribution in [3.63, 3.8) is 0 Å². The Kier molecular flexibility index (Phi) is 3.49. The second-order valence-electron chi connectivity index (χ2n) is 2.26. The van der Waals surface area contributed by atoms with Gasteiger partial charge in [-0.3, -0.25) is 0 Å². The van der Waals surface area contributed by atoms with E-state index >= 15 is 0 Å². The molecular formula is C7H8Br2N2O2. The first-order valence-electron chi connectivity index (χ1n) is 3.61. The molecule has 0 amide bonds. The van der Waals surface area contributed by atoms with Crippen LogP contribution < -0.4 is 0 Å². The van der Waals surface area contributed by atoms with E-state index in [-0.39, 0.29) is 5.69 Å². The zero-order valence-corrected chi connectivity index (χ0v) is 10.3. The van der Waals surface area contributed by atoms with Crippen LogP contribution in [-0.2, 0) is 11.3 Å². The van der Waals surface area contributed by atoms with Crippen LogP contribution in [0.4, 0.5) is 0 Å². The van der Waals surface area contributed by atoms with Crippen LogP contribution in [0.1, 0.15) is 17.4 Å². The Bertz CT molecular complexity index is 335. The molecular weight excluding hydrogens is 304 g/mol. The van der Waals surface area contributed by atoms with Crippen LogP contribution in [0.15, 0.2) is 9.34 Å². The van der Waals surface area contributed by atoms with Gasteiger partial charge in [-0.05, 0) is 38.8 Å². The highest BCUT2D eigenvalue weighted by molar-refractivity contribution is 9.11. The Morgan fingerprint density at radius 2 is 2.23 bits per heavy atom. The van der Waals surface area contributed by atoms with Gasteiger partial charge in [-0.2, -0.15) is 0 Å². The van der Waals surface area contributed by atoms with E-state index in [9.17, 15) is 4.79 Å². The van der Waals surface area contributed by atoms with Gasteiger partial charge in [-0.25, -0.2) is 9.78 Å². The van der Waals surface area contributed by atoms with Crippen LogP contribution in [0.3, 0.4) is 0 Å². The van der Waals surface area contributed by atoms with Gasteiger partial charge in [0.2, 0.25) is 0 Å². The van der Waals surface area contributed by atoms with Gasteiger partial charge in [0, 0.05) is 6.54 Å². The summed E-state index contributed by atoms with van der Waals surface area (Å²) >= 11 is 6.51. The molecule has 0 aliphatic rings. The van der Waals surface area contributed by atoms with Gasteiger partial charge in [-0.1, -0.05) is 0 Å². The van der Waals surface area contributed by atoms with Crippen molar-refractivity contribution < 1.29 is 9.53 Å². The predicted octanol–water partition coefficient (Wildman–Crippen LogP) is 2.21. The van der Waals surface area contributed by atoms with Gasteiger partial charge in [-0.15, -0.1) is 0 Å². The van der Waals surface area contributed by atoms with Crippen molar-refractivity contribution in [3.8, 4) is 0 Å². The summed E-state index contributed by atoms with van der Waals surface area (Å²) in [5.41, 5.74) is 0.288. The molecule has 0 atom stereocenters. The van der Waals surface area contributed by atoms with E-state index in [1.807, 2.05) is 11.5 Å². The minimum Gasteiger partial charge on any atom is -0.464 e. The molecule has 1 aromatic rings. The number of halogens is 2. The molecule has 4 nitrogen and oxygen atoms in total. The Morgan fingerprint density at radius 1 is 1.62 bits per heavy atom. The number of carbonyl (C=O) groups is 1. The average Bonchev–Trinajstić information content (AvgIpc) is 2.40. The third-order valence-corrected chi connectivity index (χ3v) is 2.96. The molecule has 0 aliphatic heterocycles. The molecule has 6 heteroatoms. The maximum Gasteiger partial charge on any atom is 0.359 e. The number of hydrogen-bond donors (Lipinski definition) is 0. The second-order valence-corrected chi connectivity index (χ2v) is 3.72. The monoisotopic (exact) mass is 310 g/mol. The first-order chi connectivity index (χ1) is 6.11. The molecule has 0 N–H and O–H groups in total. The summed E-state index contributed by atoms with van der Waals surface area (Å²) in [7, 11) is 1.33. The maximum absolute atomic E-state index is 11.2. The van der Waals surface area contributed by atoms with Gasteiger partial charge >= 0.3 is 5.97 Å². The summed E-state index contributed by atoms with van der Waals surface area (Å²) in [5.74, 6) is -0.445. The molecule has 0 aromatic carbocycles. The minimum atomic E-state index is -0.445. The SMILES string of the molecule is CCn1c(Br)nc(C(=O)OC)c1Br. The van der Waals surface area contributed by atoms with Crippen molar-refractivity contribution in [1.29, 1.82) is 0 Å². The zero-order chi connectivity index (χ0) is 10.0. The standard InChI is InChI=1S/C7H8Br2N2O2/c1-3-11-5(8)4(6(12)13-2)10-7(11)9/h3H2,1-2H3. The second kappa shape index (κ2) is 4.23. The van der Waals surface area contributed by atoms with E-state index in [2.05, 4.69) is 41.6 Å². The van der Waals surface area contributed by atoms with Gasteiger partial charge in [0.25, 0.3) is 0 Å². The Labute approximate surface area is 92.5 Å². The van der Waals surface area contributed by atoms with E-state index < -0.39 is 5.97 Å². The Hall–Kier alpha value is -0.360. The van der Waals surface area contributed by atoms with Gasteiger partial charge < -0.3 is 9.30 Å². The van der Waals surface area contributed by atoms with Crippen LogP contribution >= 0.6 is 31.9 Å². The molecule has 0 saturated carbocycles. The van der Waals surface area contributed by atoms with E-state index in [0.29, 0.717) is 9.34 Å². The minimum absolute atomic E-state index is 0.288. The highest BCUT2D eigenvalue weighted by Crippen LogP contribution is 2.22. The van der Waals surface area contributed by atoms with Crippen molar-refractivity contribution >= 4 is 37.8 Å². The number of esters is 1. The fourth-order valence-corrected chi connectivity index (χ4v) is 2.42. The molecule has 0 fully saturated rings. The lowest BCUT2D eigenvalue weighted by atomic mass is 10.5. The maximum atomic E-state index is 11.2. The lowest BCUT2D eigenvalue weighted by Crippen LogP contribution is -2.03. The number of aromatic nitrogens is 2. The highest BCUT2D eigenvalue weighted by Gasteiger charge is 2.18. The molecule has 0 unspecified atom stereocenters. The number of ether oxygens (including phenoxy) is 1. The number of hydrogen-bond acceptors (Lipinski definition) is 3. The molecule has 13 heavy (non-hydrogen) atoms. The fourth-order valence-electron chi connectivity index (χ4n) is 0.903. The fraction of sp³-hybridized carbons (Fsp3) is 0.429. The lowest BCUT2D eigenvalue weighted by Gasteiger charge is -1.99. The lowest BCUT2D eigenvalue weighted by molar-refractivity contribution is 0.0593. The van der Waals surface area contributed by atoms with E-state index in [0.717, 1.165) is 6.54 Å². The summed E-state index contributed by atoms with van der Waals surface area (Å²) in [4.78, 5) is 15.2. The Balaban J connectivity index is 3.18. The van der Waals surface area contributed by atoms with Crippen LogP contribution in [0.2, 0.25) is 0 Å². The molecule has 1 rings (SSSR count). The summed E-state index contributed by atoms with van der Waals surface area (Å²) in [6, 6.07) is 0. The molecule has 1 aromatic heterocycles. The Morgan fingerprint density at radius 3 is 2.62 bits per heavy atom. The van der Waals surface area contributed by atoms with Crippen molar-refractivity contribution in [2.75, 3.05) is 7.11 Å².